The van der Waals surface area contributed by atoms with Crippen molar-refractivity contribution < 1.29 is 13.2 Å². The van der Waals surface area contributed by atoms with Gasteiger partial charge in [0.15, 0.2) is 0 Å². The fraction of sp³-hybridized carbons (Fsp3) is 0.235. The molecule has 5 nitrogen and oxygen atoms in total. The first-order valence-corrected chi connectivity index (χ1v) is 8.59. The van der Waals surface area contributed by atoms with Gasteiger partial charge in [-0.3, -0.25) is 9.10 Å². The molecule has 0 atom stereocenters. The highest BCUT2D eigenvalue weighted by Gasteiger charge is 2.22. The van der Waals surface area contributed by atoms with Crippen LogP contribution in [0.3, 0.4) is 0 Å². The Balaban J connectivity index is 2.35. The Kier molecular flexibility index (Phi) is 4.75. The quantitative estimate of drug-likeness (QED) is 0.935. The maximum absolute atomic E-state index is 12.7. The summed E-state index contributed by atoms with van der Waals surface area (Å²) in [5, 5.41) is 2.61. The molecule has 6 heteroatoms. The van der Waals surface area contributed by atoms with Crippen LogP contribution in [0.15, 0.2) is 47.4 Å². The van der Waals surface area contributed by atoms with Crippen LogP contribution in [0.1, 0.15) is 18.1 Å². The van der Waals surface area contributed by atoms with Gasteiger partial charge in [-0.15, -0.1) is 0 Å². The molecule has 0 heterocycles. The molecule has 0 saturated heterocycles. The summed E-state index contributed by atoms with van der Waals surface area (Å²) in [6, 6.07) is 11.7. The Hall–Kier alpha value is -2.34. The molecular formula is C17H20N2O3S. The van der Waals surface area contributed by atoms with Crippen molar-refractivity contribution >= 4 is 27.3 Å². The van der Waals surface area contributed by atoms with Crippen molar-refractivity contribution in [1.29, 1.82) is 0 Å². The lowest BCUT2D eigenvalue weighted by atomic mass is 10.1. The Morgan fingerprint density at radius 1 is 1.04 bits per heavy atom. The summed E-state index contributed by atoms with van der Waals surface area (Å²) in [5.74, 6) is -0.201. The zero-order valence-electron chi connectivity index (χ0n) is 13.6. The summed E-state index contributed by atoms with van der Waals surface area (Å²) in [4.78, 5) is 11.2. The van der Waals surface area contributed by atoms with E-state index in [0.717, 1.165) is 11.1 Å². The van der Waals surface area contributed by atoms with Crippen molar-refractivity contribution in [3.05, 3.63) is 53.6 Å². The van der Waals surface area contributed by atoms with Crippen molar-refractivity contribution in [2.24, 2.45) is 0 Å². The van der Waals surface area contributed by atoms with Gasteiger partial charge in [0.2, 0.25) is 5.91 Å². The fourth-order valence-electron chi connectivity index (χ4n) is 2.36. The molecule has 1 N–H and O–H groups in total. The van der Waals surface area contributed by atoms with Gasteiger partial charge in [-0.25, -0.2) is 8.42 Å². The zero-order valence-corrected chi connectivity index (χ0v) is 14.4. The van der Waals surface area contributed by atoms with Gasteiger partial charge in [-0.2, -0.15) is 0 Å². The lowest BCUT2D eigenvalue weighted by Crippen LogP contribution is -2.27. The Morgan fingerprint density at radius 2 is 1.65 bits per heavy atom. The molecular weight excluding hydrogens is 312 g/mol. The standard InChI is InChI=1S/C17H20N2O3S/c1-12-5-10-17(13(2)11-12)19(4)23(21,22)16-8-6-15(7-9-16)18-14(3)20/h5-11H,1-4H3,(H,18,20). The molecule has 1 amide bonds. The lowest BCUT2D eigenvalue weighted by molar-refractivity contribution is -0.114. The van der Waals surface area contributed by atoms with Crippen LogP contribution in [0.2, 0.25) is 0 Å². The van der Waals surface area contributed by atoms with E-state index >= 15 is 0 Å². The Morgan fingerprint density at radius 3 is 2.17 bits per heavy atom. The number of nitrogens with zero attached hydrogens (tertiary/aromatic N) is 1. The molecule has 0 aromatic heterocycles. The number of aryl methyl sites for hydroxylation is 2. The predicted octanol–water partition coefficient (Wildman–Crippen LogP) is 3.09. The number of carbonyl (C=O) groups is 1. The van der Waals surface area contributed by atoms with Gasteiger partial charge in [0.25, 0.3) is 10.0 Å². The number of carbonyl (C=O) groups excluding carboxylic acids is 1. The van der Waals surface area contributed by atoms with Gasteiger partial charge < -0.3 is 5.32 Å². The molecule has 2 aromatic carbocycles. The number of benzene rings is 2. The minimum atomic E-state index is -3.65. The van der Waals surface area contributed by atoms with E-state index in [9.17, 15) is 13.2 Å². The topological polar surface area (TPSA) is 66.5 Å². The minimum Gasteiger partial charge on any atom is -0.326 e. The van der Waals surface area contributed by atoms with Crippen LogP contribution >= 0.6 is 0 Å². The number of hydrogen-bond donors (Lipinski definition) is 1. The Labute approximate surface area is 137 Å². The summed E-state index contributed by atoms with van der Waals surface area (Å²) in [6.07, 6.45) is 0. The molecule has 2 rings (SSSR count). The van der Waals surface area contributed by atoms with E-state index in [-0.39, 0.29) is 10.8 Å². The van der Waals surface area contributed by atoms with Gasteiger partial charge in [-0.05, 0) is 49.7 Å². The second-order valence-corrected chi connectivity index (χ2v) is 7.44. The van der Waals surface area contributed by atoms with Crippen molar-refractivity contribution in [1.82, 2.24) is 0 Å². The Bertz CT molecular complexity index is 827. The predicted molar refractivity (Wildman–Crippen MR) is 92.3 cm³/mol. The summed E-state index contributed by atoms with van der Waals surface area (Å²) in [5.41, 5.74) is 3.18. The molecule has 0 aliphatic rings. The van der Waals surface area contributed by atoms with Crippen molar-refractivity contribution in [2.45, 2.75) is 25.7 Å². The van der Waals surface area contributed by atoms with E-state index in [1.165, 1.54) is 30.4 Å². The van der Waals surface area contributed by atoms with Crippen LogP contribution in [0, 0.1) is 13.8 Å². The largest absolute Gasteiger partial charge is 0.326 e. The third kappa shape index (κ3) is 3.71. The van der Waals surface area contributed by atoms with Gasteiger partial charge in [0, 0.05) is 19.7 Å². The summed E-state index contributed by atoms with van der Waals surface area (Å²) < 4.78 is 26.8. The summed E-state index contributed by atoms with van der Waals surface area (Å²) >= 11 is 0. The number of nitrogens with one attached hydrogen (secondary N) is 1. The summed E-state index contributed by atoms with van der Waals surface area (Å²) in [7, 11) is -2.12. The number of amides is 1. The van der Waals surface area contributed by atoms with Gasteiger partial charge in [0.1, 0.15) is 0 Å². The molecule has 2 aromatic rings. The highest BCUT2D eigenvalue weighted by molar-refractivity contribution is 7.92. The van der Waals surface area contributed by atoms with Crippen molar-refractivity contribution in [3.8, 4) is 0 Å². The average molecular weight is 332 g/mol. The SMILES string of the molecule is CC(=O)Nc1ccc(S(=O)(=O)N(C)c2ccc(C)cc2C)cc1. The second kappa shape index (κ2) is 6.42. The zero-order chi connectivity index (χ0) is 17.2. The molecule has 0 saturated carbocycles. The number of anilines is 2. The highest BCUT2D eigenvalue weighted by Crippen LogP contribution is 2.26. The molecule has 0 fully saturated rings. The molecule has 0 radical (unpaired) electrons. The average Bonchev–Trinajstić information content (AvgIpc) is 2.46. The van der Waals surface area contributed by atoms with Crippen LogP contribution < -0.4 is 9.62 Å². The number of sulfonamides is 1. The maximum Gasteiger partial charge on any atom is 0.264 e. The number of hydrogen-bond acceptors (Lipinski definition) is 3. The maximum atomic E-state index is 12.7. The van der Waals surface area contributed by atoms with E-state index in [2.05, 4.69) is 5.32 Å². The third-order valence-electron chi connectivity index (χ3n) is 3.52. The third-order valence-corrected chi connectivity index (χ3v) is 5.31. The van der Waals surface area contributed by atoms with E-state index in [0.29, 0.717) is 11.4 Å². The van der Waals surface area contributed by atoms with Crippen molar-refractivity contribution in [3.63, 3.8) is 0 Å². The number of rotatable bonds is 4. The molecule has 0 bridgehead atoms. The van der Waals surface area contributed by atoms with Gasteiger partial charge in [-0.1, -0.05) is 17.7 Å². The molecule has 0 aliphatic carbocycles. The highest BCUT2D eigenvalue weighted by atomic mass is 32.2. The van der Waals surface area contributed by atoms with Crippen molar-refractivity contribution in [2.75, 3.05) is 16.7 Å². The first-order valence-electron chi connectivity index (χ1n) is 7.15. The molecule has 0 spiro atoms. The van der Waals surface area contributed by atoms with Crippen LogP contribution in [0.4, 0.5) is 11.4 Å². The summed E-state index contributed by atoms with van der Waals surface area (Å²) in [6.45, 7) is 5.25. The minimum absolute atomic E-state index is 0.175. The van der Waals surface area contributed by atoms with Crippen LogP contribution in [-0.4, -0.2) is 21.4 Å². The van der Waals surface area contributed by atoms with Crippen LogP contribution in [0.5, 0.6) is 0 Å². The van der Waals surface area contributed by atoms with Gasteiger partial charge >= 0.3 is 0 Å². The normalized spacial score (nSPS) is 11.1. The van der Waals surface area contributed by atoms with E-state index < -0.39 is 10.0 Å². The first-order chi connectivity index (χ1) is 10.7. The monoisotopic (exact) mass is 332 g/mol. The second-order valence-electron chi connectivity index (χ2n) is 5.47. The molecule has 23 heavy (non-hydrogen) atoms. The van der Waals surface area contributed by atoms with E-state index in [1.54, 1.807) is 18.2 Å². The molecule has 0 unspecified atom stereocenters. The van der Waals surface area contributed by atoms with E-state index in [1.807, 2.05) is 26.0 Å². The molecule has 122 valence electrons. The van der Waals surface area contributed by atoms with Crippen LogP contribution in [-0.2, 0) is 14.8 Å². The van der Waals surface area contributed by atoms with Crippen LogP contribution in [0.25, 0.3) is 0 Å². The fourth-order valence-corrected chi connectivity index (χ4v) is 3.62. The first kappa shape index (κ1) is 17.0. The molecule has 0 aliphatic heterocycles. The van der Waals surface area contributed by atoms with E-state index in [4.69, 9.17) is 0 Å². The smallest absolute Gasteiger partial charge is 0.264 e. The van der Waals surface area contributed by atoms with Gasteiger partial charge in [0.05, 0.1) is 10.6 Å². The lowest BCUT2D eigenvalue weighted by Gasteiger charge is -2.22.